The highest BCUT2D eigenvalue weighted by Crippen LogP contribution is 2.28. The van der Waals surface area contributed by atoms with Crippen molar-refractivity contribution in [2.24, 2.45) is 5.73 Å². The van der Waals surface area contributed by atoms with E-state index in [4.69, 9.17) is 28.9 Å². The monoisotopic (exact) mass is 339 g/mol. The minimum absolute atomic E-state index is 0.0356. The quantitative estimate of drug-likeness (QED) is 0.878. The first-order valence-electron chi connectivity index (χ1n) is 6.66. The molecule has 2 aromatic rings. The number of primary amides is 1. The Morgan fingerprint density at radius 2 is 2.09 bits per heavy atom. The number of aryl methyl sites for hydroxylation is 1. The van der Waals surface area contributed by atoms with E-state index >= 15 is 0 Å². The van der Waals surface area contributed by atoms with Crippen molar-refractivity contribution in [3.05, 3.63) is 52.0 Å². The number of aromatic nitrogens is 2. The summed E-state index contributed by atoms with van der Waals surface area (Å²) in [6.07, 6.45) is 4.01. The van der Waals surface area contributed by atoms with Crippen molar-refractivity contribution in [2.75, 3.05) is 0 Å². The average Bonchev–Trinajstić information content (AvgIpc) is 2.93. The van der Waals surface area contributed by atoms with Crippen LogP contribution in [0.1, 0.15) is 35.4 Å². The van der Waals surface area contributed by atoms with E-state index in [1.54, 1.807) is 10.6 Å². The minimum Gasteiger partial charge on any atom is -0.364 e. The number of nitrogens with zero attached hydrogens (tertiary/aromatic N) is 2. The second-order valence-corrected chi connectivity index (χ2v) is 5.73. The number of carbonyl (C=O) groups excluding carboxylic acids is 2. The normalized spacial score (nSPS) is 12.1. The second-order valence-electron chi connectivity index (χ2n) is 4.95. The first kappa shape index (κ1) is 16.5. The predicted molar refractivity (Wildman–Crippen MR) is 85.2 cm³/mol. The highest BCUT2D eigenvalue weighted by atomic mass is 35.5. The van der Waals surface area contributed by atoms with Crippen molar-refractivity contribution in [3.63, 3.8) is 0 Å². The fourth-order valence-electron chi connectivity index (χ4n) is 2.23. The van der Waals surface area contributed by atoms with E-state index in [-0.39, 0.29) is 11.5 Å². The topological polar surface area (TPSA) is 78.0 Å². The molecule has 2 rings (SSSR count). The summed E-state index contributed by atoms with van der Waals surface area (Å²) >= 11 is 12.1. The minimum atomic E-state index is -0.626. The maximum atomic E-state index is 11.9. The van der Waals surface area contributed by atoms with Gasteiger partial charge in [-0.25, -0.2) is 4.98 Å². The van der Waals surface area contributed by atoms with Crippen LogP contribution >= 0.6 is 23.2 Å². The number of imidazole rings is 1. The third-order valence-electron chi connectivity index (χ3n) is 3.40. The van der Waals surface area contributed by atoms with Crippen molar-refractivity contribution in [1.29, 1.82) is 0 Å². The summed E-state index contributed by atoms with van der Waals surface area (Å²) in [5.41, 5.74) is 6.18. The molecule has 0 spiro atoms. The number of nitrogens with two attached hydrogens (primary N) is 1. The lowest BCUT2D eigenvalue weighted by molar-refractivity contribution is -0.120. The molecule has 0 aliphatic rings. The van der Waals surface area contributed by atoms with Gasteiger partial charge in [0.1, 0.15) is 5.69 Å². The molecular formula is C15H15Cl2N3O2. The van der Waals surface area contributed by atoms with E-state index in [1.807, 2.05) is 12.1 Å². The number of carbonyl (C=O) groups is 2. The van der Waals surface area contributed by atoms with Gasteiger partial charge in [0, 0.05) is 6.20 Å². The summed E-state index contributed by atoms with van der Waals surface area (Å²) in [6.45, 7) is 1.49. The first-order chi connectivity index (χ1) is 10.4. The number of hydrogen-bond donors (Lipinski definition) is 1. The molecule has 22 heavy (non-hydrogen) atoms. The molecule has 0 saturated carbocycles. The summed E-state index contributed by atoms with van der Waals surface area (Å²) in [6, 6.07) is 4.96. The van der Waals surface area contributed by atoms with Crippen LogP contribution in [-0.4, -0.2) is 21.2 Å². The largest absolute Gasteiger partial charge is 0.364 e. The summed E-state index contributed by atoms with van der Waals surface area (Å²) < 4.78 is 1.60. The van der Waals surface area contributed by atoms with Gasteiger partial charge in [0.15, 0.2) is 5.78 Å². The Balaban J connectivity index is 2.17. The fraction of sp³-hybridized carbons (Fsp3) is 0.267. The van der Waals surface area contributed by atoms with Crippen molar-refractivity contribution in [3.8, 4) is 0 Å². The molecule has 0 radical (unpaired) electrons. The van der Waals surface area contributed by atoms with Gasteiger partial charge in [-0.05, 0) is 31.4 Å². The molecule has 1 aromatic heterocycles. The zero-order valence-corrected chi connectivity index (χ0v) is 13.4. The Morgan fingerprint density at radius 1 is 1.36 bits per heavy atom. The van der Waals surface area contributed by atoms with Gasteiger partial charge in [0.05, 0.1) is 22.4 Å². The third kappa shape index (κ3) is 3.67. The lowest BCUT2D eigenvalue weighted by atomic mass is 10.0. The average molecular weight is 340 g/mol. The van der Waals surface area contributed by atoms with E-state index in [0.29, 0.717) is 22.9 Å². The smallest absolute Gasteiger partial charge is 0.268 e. The molecule has 1 amide bonds. The van der Waals surface area contributed by atoms with Crippen LogP contribution < -0.4 is 5.73 Å². The molecule has 0 aliphatic heterocycles. The van der Waals surface area contributed by atoms with Crippen molar-refractivity contribution >= 4 is 34.9 Å². The molecule has 116 valence electrons. The third-order valence-corrected chi connectivity index (χ3v) is 4.26. The summed E-state index contributed by atoms with van der Waals surface area (Å²) in [5, 5.41) is 0.979. The molecule has 0 fully saturated rings. The van der Waals surface area contributed by atoms with Crippen molar-refractivity contribution < 1.29 is 9.59 Å². The maximum absolute atomic E-state index is 11.9. The summed E-state index contributed by atoms with van der Waals surface area (Å²) in [4.78, 5) is 26.9. The fourth-order valence-corrected chi connectivity index (χ4v) is 2.65. The van der Waals surface area contributed by atoms with Crippen LogP contribution in [0.5, 0.6) is 0 Å². The van der Waals surface area contributed by atoms with Crippen LogP contribution in [0.15, 0.2) is 30.7 Å². The second kappa shape index (κ2) is 6.94. The van der Waals surface area contributed by atoms with E-state index in [0.717, 1.165) is 5.56 Å². The van der Waals surface area contributed by atoms with Crippen molar-refractivity contribution in [1.82, 2.24) is 9.55 Å². The van der Waals surface area contributed by atoms with Gasteiger partial charge in [0.25, 0.3) is 5.91 Å². The molecular weight excluding hydrogens is 325 g/mol. The van der Waals surface area contributed by atoms with Crippen LogP contribution in [-0.2, 0) is 11.2 Å². The Hall–Kier alpha value is -1.85. The number of halogens is 2. The number of Topliss-reactive ketones (excluding diaryl/α,β-unsaturated/α-hetero) is 1. The number of hydrogen-bond acceptors (Lipinski definition) is 3. The molecule has 0 unspecified atom stereocenters. The van der Waals surface area contributed by atoms with Gasteiger partial charge in [-0.2, -0.15) is 0 Å². The highest BCUT2D eigenvalue weighted by molar-refractivity contribution is 6.42. The molecule has 7 heteroatoms. The lowest BCUT2D eigenvalue weighted by Crippen LogP contribution is -2.17. The Morgan fingerprint density at radius 3 is 2.68 bits per heavy atom. The van der Waals surface area contributed by atoms with Gasteiger partial charge in [0.2, 0.25) is 0 Å². The van der Waals surface area contributed by atoms with Crippen LogP contribution in [0.2, 0.25) is 10.0 Å². The Bertz CT molecular complexity index is 713. The van der Waals surface area contributed by atoms with E-state index < -0.39 is 11.9 Å². The molecule has 1 aromatic carbocycles. The molecule has 0 saturated heterocycles. The lowest BCUT2D eigenvalue weighted by Gasteiger charge is -2.15. The Kier molecular flexibility index (Phi) is 5.21. The number of ketones is 1. The van der Waals surface area contributed by atoms with Gasteiger partial charge in [-0.3, -0.25) is 9.59 Å². The van der Waals surface area contributed by atoms with Gasteiger partial charge >= 0.3 is 0 Å². The van der Waals surface area contributed by atoms with Crippen LogP contribution in [0.3, 0.4) is 0 Å². The number of rotatable bonds is 6. The Labute approximate surface area is 138 Å². The molecule has 0 aliphatic carbocycles. The highest BCUT2D eigenvalue weighted by Gasteiger charge is 2.18. The molecule has 5 nitrogen and oxygen atoms in total. The zero-order valence-electron chi connectivity index (χ0n) is 11.9. The molecule has 2 N–H and O–H groups in total. The van der Waals surface area contributed by atoms with Crippen molar-refractivity contribution in [2.45, 2.75) is 25.8 Å². The standard InChI is InChI=1S/C15H15Cl2N3O2/c1-9(21)13(20-7-12(15(18)22)19-8-20)6-5-10-3-2-4-11(16)14(10)17/h2-4,7-8,13H,5-6H2,1H3,(H2,18,22)/t13-/m1/s1. The first-order valence-corrected chi connectivity index (χ1v) is 7.42. The van der Waals surface area contributed by atoms with Crippen LogP contribution in [0, 0.1) is 0 Å². The summed E-state index contributed by atoms with van der Waals surface area (Å²) in [5.74, 6) is -0.662. The zero-order chi connectivity index (χ0) is 16.3. The van der Waals surface area contributed by atoms with E-state index in [1.165, 1.54) is 19.4 Å². The maximum Gasteiger partial charge on any atom is 0.268 e. The molecule has 1 atom stereocenters. The van der Waals surface area contributed by atoms with Gasteiger partial charge in [-0.15, -0.1) is 0 Å². The van der Waals surface area contributed by atoms with E-state index in [9.17, 15) is 9.59 Å². The van der Waals surface area contributed by atoms with Gasteiger partial charge in [-0.1, -0.05) is 35.3 Å². The number of amides is 1. The van der Waals surface area contributed by atoms with Gasteiger partial charge < -0.3 is 10.3 Å². The number of benzene rings is 1. The SMILES string of the molecule is CC(=O)[C@@H](CCc1cccc(Cl)c1Cl)n1cnc(C(N)=O)c1. The summed E-state index contributed by atoms with van der Waals surface area (Å²) in [7, 11) is 0. The van der Waals surface area contributed by atoms with Crippen LogP contribution in [0.25, 0.3) is 0 Å². The molecule has 0 bridgehead atoms. The molecule has 1 heterocycles. The van der Waals surface area contributed by atoms with Crippen LogP contribution in [0.4, 0.5) is 0 Å². The van der Waals surface area contributed by atoms with E-state index in [2.05, 4.69) is 4.98 Å². The predicted octanol–water partition coefficient (Wildman–Crippen LogP) is 3.05.